The van der Waals surface area contributed by atoms with Gasteiger partial charge in [0.1, 0.15) is 5.75 Å². The molecular weight excluding hydrogens is 296 g/mol. The Hall–Kier alpha value is -2.76. The van der Waals surface area contributed by atoms with Crippen molar-refractivity contribution in [2.45, 2.75) is 6.92 Å². The molecule has 6 nitrogen and oxygen atoms in total. The second-order valence-corrected chi connectivity index (χ2v) is 5.58. The summed E-state index contributed by atoms with van der Waals surface area (Å²) in [4.78, 5) is 28.0. The smallest absolute Gasteiger partial charge is 0.289 e. The largest absolute Gasteiger partial charge is 0.507 e. The number of carbonyl (C=O) groups is 2. The second-order valence-electron chi connectivity index (χ2n) is 5.58. The molecule has 1 N–H and O–H groups in total. The van der Waals surface area contributed by atoms with Crippen molar-refractivity contribution in [1.82, 2.24) is 9.80 Å². The molecule has 120 valence electrons. The predicted octanol–water partition coefficient (Wildman–Crippen LogP) is 1.89. The molecule has 0 atom stereocenters. The van der Waals surface area contributed by atoms with Crippen LogP contribution in [0.25, 0.3) is 0 Å². The zero-order valence-electron chi connectivity index (χ0n) is 12.9. The van der Waals surface area contributed by atoms with Crippen LogP contribution in [0.5, 0.6) is 5.75 Å². The fourth-order valence-corrected chi connectivity index (χ4v) is 2.66. The van der Waals surface area contributed by atoms with Gasteiger partial charge >= 0.3 is 0 Å². The van der Waals surface area contributed by atoms with Crippen molar-refractivity contribution < 1.29 is 19.1 Å². The summed E-state index contributed by atoms with van der Waals surface area (Å²) in [5, 5.41) is 9.88. The lowest BCUT2D eigenvalue weighted by molar-refractivity contribution is 0.0516. The average Bonchev–Trinajstić information content (AvgIpc) is 3.10. The van der Waals surface area contributed by atoms with E-state index in [1.807, 2.05) is 6.92 Å². The van der Waals surface area contributed by atoms with Crippen molar-refractivity contribution in [3.63, 3.8) is 0 Å². The van der Waals surface area contributed by atoms with Crippen LogP contribution in [-0.4, -0.2) is 52.9 Å². The van der Waals surface area contributed by atoms with Crippen LogP contribution in [0.1, 0.15) is 26.5 Å². The quantitative estimate of drug-likeness (QED) is 0.918. The number of piperazine rings is 1. The molecule has 2 aromatic rings. The van der Waals surface area contributed by atoms with Crippen LogP contribution in [-0.2, 0) is 0 Å². The minimum absolute atomic E-state index is 0.0188. The molecule has 1 saturated heterocycles. The van der Waals surface area contributed by atoms with Crippen molar-refractivity contribution in [1.29, 1.82) is 0 Å². The van der Waals surface area contributed by atoms with E-state index < -0.39 is 0 Å². The van der Waals surface area contributed by atoms with Gasteiger partial charge in [-0.3, -0.25) is 9.59 Å². The third-order valence-corrected chi connectivity index (χ3v) is 3.97. The van der Waals surface area contributed by atoms with Gasteiger partial charge in [-0.2, -0.15) is 0 Å². The van der Waals surface area contributed by atoms with Gasteiger partial charge in [-0.25, -0.2) is 0 Å². The highest BCUT2D eigenvalue weighted by molar-refractivity contribution is 5.97. The summed E-state index contributed by atoms with van der Waals surface area (Å²) in [6.45, 7) is 3.61. The predicted molar refractivity (Wildman–Crippen MR) is 83.4 cm³/mol. The Morgan fingerprint density at radius 2 is 1.70 bits per heavy atom. The molecule has 1 aliphatic heterocycles. The highest BCUT2D eigenvalue weighted by Crippen LogP contribution is 2.21. The van der Waals surface area contributed by atoms with Gasteiger partial charge in [0.15, 0.2) is 5.76 Å². The van der Waals surface area contributed by atoms with Gasteiger partial charge in [0.05, 0.1) is 11.8 Å². The second kappa shape index (κ2) is 6.16. The summed E-state index contributed by atoms with van der Waals surface area (Å²) in [6, 6.07) is 8.27. The van der Waals surface area contributed by atoms with Crippen LogP contribution < -0.4 is 0 Å². The van der Waals surface area contributed by atoms with Gasteiger partial charge in [-0.1, -0.05) is 11.6 Å². The number of aromatic hydroxyl groups is 1. The van der Waals surface area contributed by atoms with Gasteiger partial charge in [-0.05, 0) is 31.2 Å². The first-order valence-electron chi connectivity index (χ1n) is 7.48. The van der Waals surface area contributed by atoms with Crippen LogP contribution in [0.3, 0.4) is 0 Å². The Balaban J connectivity index is 1.66. The van der Waals surface area contributed by atoms with Crippen LogP contribution in [0.2, 0.25) is 0 Å². The van der Waals surface area contributed by atoms with Crippen LogP contribution in [0.4, 0.5) is 0 Å². The van der Waals surface area contributed by atoms with E-state index in [1.165, 1.54) is 12.3 Å². The summed E-state index contributed by atoms with van der Waals surface area (Å²) in [5.74, 6) is -0.0902. The van der Waals surface area contributed by atoms with Gasteiger partial charge < -0.3 is 19.3 Å². The third kappa shape index (κ3) is 3.06. The maximum atomic E-state index is 12.5. The highest BCUT2D eigenvalue weighted by atomic mass is 16.3. The van der Waals surface area contributed by atoms with Crippen molar-refractivity contribution in [2.24, 2.45) is 0 Å². The number of phenols is 1. The molecule has 1 aliphatic rings. The summed E-state index contributed by atoms with van der Waals surface area (Å²) < 4.78 is 5.12. The van der Waals surface area contributed by atoms with E-state index in [4.69, 9.17) is 4.42 Å². The molecule has 0 aliphatic carbocycles. The summed E-state index contributed by atoms with van der Waals surface area (Å²) in [7, 11) is 0. The Bertz CT molecular complexity index is 716. The molecule has 1 fully saturated rings. The minimum atomic E-state index is -0.212. The zero-order valence-corrected chi connectivity index (χ0v) is 12.9. The first-order valence-corrected chi connectivity index (χ1v) is 7.48. The average molecular weight is 314 g/mol. The maximum Gasteiger partial charge on any atom is 0.289 e. The molecule has 2 amide bonds. The van der Waals surface area contributed by atoms with E-state index in [2.05, 4.69) is 0 Å². The summed E-state index contributed by atoms with van der Waals surface area (Å²) >= 11 is 0. The van der Waals surface area contributed by atoms with Crippen LogP contribution in [0.15, 0.2) is 41.0 Å². The fourth-order valence-electron chi connectivity index (χ4n) is 2.66. The minimum Gasteiger partial charge on any atom is -0.507 e. The van der Waals surface area contributed by atoms with Gasteiger partial charge in [-0.15, -0.1) is 0 Å². The molecule has 0 unspecified atom stereocenters. The molecule has 0 radical (unpaired) electrons. The van der Waals surface area contributed by atoms with Crippen molar-refractivity contribution in [2.75, 3.05) is 26.2 Å². The van der Waals surface area contributed by atoms with Crippen molar-refractivity contribution in [3.05, 3.63) is 53.5 Å². The van der Waals surface area contributed by atoms with Gasteiger partial charge in [0.25, 0.3) is 11.8 Å². The Morgan fingerprint density at radius 3 is 2.30 bits per heavy atom. The molecule has 23 heavy (non-hydrogen) atoms. The lowest BCUT2D eigenvalue weighted by atomic mass is 10.1. The van der Waals surface area contributed by atoms with Crippen molar-refractivity contribution >= 4 is 11.8 Å². The number of phenolic OH excluding ortho intramolecular Hbond substituents is 1. The molecule has 3 rings (SSSR count). The Kier molecular flexibility index (Phi) is 4.06. The monoisotopic (exact) mass is 314 g/mol. The molecule has 2 heterocycles. The van der Waals surface area contributed by atoms with E-state index in [-0.39, 0.29) is 17.6 Å². The normalized spacial score (nSPS) is 14.8. The molecule has 1 aromatic carbocycles. The van der Waals surface area contributed by atoms with Crippen LogP contribution in [0, 0.1) is 6.92 Å². The number of carbonyl (C=O) groups excluding carboxylic acids is 2. The van der Waals surface area contributed by atoms with Crippen LogP contribution >= 0.6 is 0 Å². The molecule has 0 saturated carbocycles. The SMILES string of the molecule is Cc1ccc(O)c(C(=O)N2CCN(C(=O)c3ccco3)CC2)c1. The topological polar surface area (TPSA) is 74.0 Å². The number of aryl methyl sites for hydroxylation is 1. The number of hydrogen-bond acceptors (Lipinski definition) is 4. The summed E-state index contributed by atoms with van der Waals surface area (Å²) in [6.07, 6.45) is 1.47. The van der Waals surface area contributed by atoms with Crippen molar-refractivity contribution in [3.8, 4) is 5.75 Å². The van der Waals surface area contributed by atoms with Gasteiger partial charge in [0.2, 0.25) is 0 Å². The number of benzene rings is 1. The van der Waals surface area contributed by atoms with E-state index in [1.54, 1.807) is 34.1 Å². The molecule has 1 aromatic heterocycles. The molecule has 0 bridgehead atoms. The zero-order chi connectivity index (χ0) is 16.4. The first-order chi connectivity index (χ1) is 11.1. The van der Waals surface area contributed by atoms with E-state index in [0.29, 0.717) is 37.5 Å². The standard InChI is InChI=1S/C17H18N2O4/c1-12-4-5-14(20)13(11-12)16(21)18-6-8-19(9-7-18)17(22)15-3-2-10-23-15/h2-5,10-11,20H,6-9H2,1H3. The lowest BCUT2D eigenvalue weighted by Crippen LogP contribution is -2.50. The van der Waals surface area contributed by atoms with E-state index in [9.17, 15) is 14.7 Å². The Morgan fingerprint density at radius 1 is 1.04 bits per heavy atom. The third-order valence-electron chi connectivity index (χ3n) is 3.97. The number of nitrogens with zero attached hydrogens (tertiary/aromatic N) is 2. The maximum absolute atomic E-state index is 12.5. The molecular formula is C17H18N2O4. The number of amides is 2. The highest BCUT2D eigenvalue weighted by Gasteiger charge is 2.27. The van der Waals surface area contributed by atoms with E-state index in [0.717, 1.165) is 5.56 Å². The number of furan rings is 1. The number of hydrogen-bond donors (Lipinski definition) is 1. The summed E-state index contributed by atoms with van der Waals surface area (Å²) in [5.41, 5.74) is 1.22. The van der Waals surface area contributed by atoms with Gasteiger partial charge in [0, 0.05) is 26.2 Å². The lowest BCUT2D eigenvalue weighted by Gasteiger charge is -2.34. The van der Waals surface area contributed by atoms with E-state index >= 15 is 0 Å². The first kappa shape index (κ1) is 15.1. The molecule has 0 spiro atoms. The number of rotatable bonds is 2. The molecule has 6 heteroatoms. The Labute approximate surface area is 133 Å². The fraction of sp³-hybridized carbons (Fsp3) is 0.294.